The summed E-state index contributed by atoms with van der Waals surface area (Å²) in [4.78, 5) is 10.3. The van der Waals surface area contributed by atoms with Crippen LogP contribution in [-0.4, -0.2) is 19.1 Å². The lowest BCUT2D eigenvalue weighted by Gasteiger charge is -2.13. The first-order valence-corrected chi connectivity index (χ1v) is 21.1. The maximum Gasteiger partial charge on any atom is 0.160 e. The molecule has 9 aromatic carbocycles. The maximum absolute atomic E-state index is 5.15. The summed E-state index contributed by atoms with van der Waals surface area (Å²) in [5, 5.41) is 4.91. The minimum Gasteiger partial charge on any atom is -0.309 e. The summed E-state index contributed by atoms with van der Waals surface area (Å²) in [6.45, 7) is 0. The molecule has 290 valence electrons. The summed E-state index contributed by atoms with van der Waals surface area (Å²) >= 11 is 0. The van der Waals surface area contributed by atoms with Crippen LogP contribution in [0.2, 0.25) is 0 Å². The van der Waals surface area contributed by atoms with Gasteiger partial charge in [-0.3, -0.25) is 0 Å². The van der Waals surface area contributed by atoms with E-state index in [-0.39, 0.29) is 0 Å². The molecule has 0 unspecified atom stereocenters. The zero-order chi connectivity index (χ0) is 41.0. The van der Waals surface area contributed by atoms with Gasteiger partial charge in [0.2, 0.25) is 0 Å². The fourth-order valence-electron chi connectivity index (χ4n) is 9.17. The molecule has 0 amide bonds. The SMILES string of the molecule is c1ccc(-c2ccc(-n3c4cc(-c5cccc(-c6nc(-c7ccccc7)cc(-c7ccccc7)n6)c5)ccc4c4ccc(-n5c6ccccc6c6ccccc65)cc43)cc2)cc1. The van der Waals surface area contributed by atoms with E-state index < -0.39 is 0 Å². The Morgan fingerprint density at radius 1 is 0.242 bits per heavy atom. The molecule has 4 heteroatoms. The van der Waals surface area contributed by atoms with Gasteiger partial charge in [0, 0.05) is 49.6 Å². The summed E-state index contributed by atoms with van der Waals surface area (Å²) < 4.78 is 4.84. The molecule has 0 fully saturated rings. The van der Waals surface area contributed by atoms with Crippen LogP contribution >= 0.6 is 0 Å². The zero-order valence-corrected chi connectivity index (χ0v) is 33.7. The van der Waals surface area contributed by atoms with Crippen LogP contribution in [0.15, 0.2) is 231 Å². The van der Waals surface area contributed by atoms with Gasteiger partial charge in [-0.2, -0.15) is 0 Å². The van der Waals surface area contributed by atoms with Crippen LogP contribution in [0.4, 0.5) is 0 Å². The standard InChI is InChI=1S/C58H38N4/c1-4-15-39(16-5-1)40-27-30-46(31-28-40)61-56-36-44(29-33-50(56)51-34-32-47(37-57(51)61)62-54-25-12-10-23-48(54)49-24-11-13-26-55(49)62)43-21-14-22-45(35-43)58-59-52(41-17-6-2-7-18-41)38-53(60-58)42-19-8-3-9-20-42/h1-38H. The number of benzene rings is 9. The third-order valence-corrected chi connectivity index (χ3v) is 12.1. The van der Waals surface area contributed by atoms with E-state index in [2.05, 4.69) is 228 Å². The van der Waals surface area contributed by atoms with Gasteiger partial charge in [0.15, 0.2) is 5.82 Å². The van der Waals surface area contributed by atoms with E-state index in [4.69, 9.17) is 9.97 Å². The lowest BCUT2D eigenvalue weighted by molar-refractivity contribution is 1.15. The molecular weight excluding hydrogens is 753 g/mol. The normalized spacial score (nSPS) is 11.5. The van der Waals surface area contributed by atoms with Crippen LogP contribution in [0.25, 0.3) is 111 Å². The Hall–Kier alpha value is -8.34. The van der Waals surface area contributed by atoms with Crippen LogP contribution in [0.1, 0.15) is 0 Å². The molecule has 12 aromatic rings. The van der Waals surface area contributed by atoms with Gasteiger partial charge >= 0.3 is 0 Å². The molecule has 4 nitrogen and oxygen atoms in total. The molecule has 12 rings (SSSR count). The van der Waals surface area contributed by atoms with E-state index in [0.29, 0.717) is 5.82 Å². The van der Waals surface area contributed by atoms with E-state index in [9.17, 15) is 0 Å². The molecule has 0 saturated heterocycles. The van der Waals surface area contributed by atoms with Crippen molar-refractivity contribution in [2.45, 2.75) is 0 Å². The minimum atomic E-state index is 0.693. The van der Waals surface area contributed by atoms with Gasteiger partial charge in [0.1, 0.15) is 0 Å². The molecule has 0 aliphatic carbocycles. The minimum absolute atomic E-state index is 0.693. The second-order valence-electron chi connectivity index (χ2n) is 15.8. The van der Waals surface area contributed by atoms with Gasteiger partial charge < -0.3 is 9.13 Å². The van der Waals surface area contributed by atoms with Gasteiger partial charge in [0.05, 0.1) is 33.5 Å². The maximum atomic E-state index is 5.15. The largest absolute Gasteiger partial charge is 0.309 e. The smallest absolute Gasteiger partial charge is 0.160 e. The summed E-state index contributed by atoms with van der Waals surface area (Å²) in [5.74, 6) is 0.693. The Labute approximate surface area is 359 Å². The number of hydrogen-bond acceptors (Lipinski definition) is 2. The number of fused-ring (bicyclic) bond motifs is 6. The number of nitrogens with zero attached hydrogens (tertiary/aromatic N) is 4. The number of hydrogen-bond donors (Lipinski definition) is 0. The second-order valence-corrected chi connectivity index (χ2v) is 15.8. The van der Waals surface area contributed by atoms with Crippen molar-refractivity contribution in [3.05, 3.63) is 231 Å². The molecule has 0 aliphatic heterocycles. The van der Waals surface area contributed by atoms with Crippen molar-refractivity contribution >= 4 is 43.6 Å². The van der Waals surface area contributed by atoms with Crippen molar-refractivity contribution in [3.8, 4) is 67.5 Å². The quantitative estimate of drug-likeness (QED) is 0.161. The number of aromatic nitrogens is 4. The fourth-order valence-corrected chi connectivity index (χ4v) is 9.17. The fraction of sp³-hybridized carbons (Fsp3) is 0. The molecule has 0 aliphatic rings. The van der Waals surface area contributed by atoms with Crippen LogP contribution in [0.3, 0.4) is 0 Å². The van der Waals surface area contributed by atoms with Gasteiger partial charge in [-0.1, -0.05) is 176 Å². The second kappa shape index (κ2) is 14.7. The predicted molar refractivity (Wildman–Crippen MR) is 258 cm³/mol. The van der Waals surface area contributed by atoms with Crippen molar-refractivity contribution in [2.75, 3.05) is 0 Å². The Balaban J connectivity index is 1.04. The highest BCUT2D eigenvalue weighted by molar-refractivity contribution is 6.12. The molecule has 3 aromatic heterocycles. The molecular formula is C58H38N4. The third kappa shape index (κ3) is 6.08. The van der Waals surface area contributed by atoms with Crippen LogP contribution < -0.4 is 0 Å². The van der Waals surface area contributed by atoms with Gasteiger partial charge in [-0.05, 0) is 76.9 Å². The van der Waals surface area contributed by atoms with Crippen LogP contribution in [0, 0.1) is 0 Å². The molecule has 0 N–H and O–H groups in total. The van der Waals surface area contributed by atoms with Crippen molar-refractivity contribution in [1.82, 2.24) is 19.1 Å². The van der Waals surface area contributed by atoms with Gasteiger partial charge in [0.25, 0.3) is 0 Å². The highest BCUT2D eigenvalue weighted by Crippen LogP contribution is 2.39. The van der Waals surface area contributed by atoms with Crippen molar-refractivity contribution in [2.24, 2.45) is 0 Å². The first-order chi connectivity index (χ1) is 30.7. The monoisotopic (exact) mass is 790 g/mol. The Kier molecular flexibility index (Phi) is 8.46. The number of para-hydroxylation sites is 2. The van der Waals surface area contributed by atoms with E-state index >= 15 is 0 Å². The predicted octanol–water partition coefficient (Wildman–Crippen LogP) is 15.0. The Morgan fingerprint density at radius 3 is 1.29 bits per heavy atom. The average molecular weight is 791 g/mol. The molecule has 0 saturated carbocycles. The molecule has 3 heterocycles. The summed E-state index contributed by atoms with van der Waals surface area (Å²) in [7, 11) is 0. The summed E-state index contributed by atoms with van der Waals surface area (Å²) in [6.07, 6.45) is 0. The summed E-state index contributed by atoms with van der Waals surface area (Å²) in [6, 6.07) is 82.2. The van der Waals surface area contributed by atoms with E-state index in [1.165, 1.54) is 43.7 Å². The molecule has 0 radical (unpaired) electrons. The van der Waals surface area contributed by atoms with Crippen molar-refractivity contribution < 1.29 is 0 Å². The average Bonchev–Trinajstić information content (AvgIpc) is 3.87. The molecule has 0 atom stereocenters. The highest BCUT2D eigenvalue weighted by atomic mass is 15.0. The van der Waals surface area contributed by atoms with Crippen molar-refractivity contribution in [3.63, 3.8) is 0 Å². The van der Waals surface area contributed by atoms with Gasteiger partial charge in [-0.15, -0.1) is 0 Å². The van der Waals surface area contributed by atoms with Gasteiger partial charge in [-0.25, -0.2) is 9.97 Å². The Bertz CT molecular complexity index is 3490. The van der Waals surface area contributed by atoms with Crippen LogP contribution in [-0.2, 0) is 0 Å². The van der Waals surface area contributed by atoms with Crippen molar-refractivity contribution in [1.29, 1.82) is 0 Å². The highest BCUT2D eigenvalue weighted by Gasteiger charge is 2.18. The summed E-state index contributed by atoms with van der Waals surface area (Å²) in [5.41, 5.74) is 16.4. The molecule has 62 heavy (non-hydrogen) atoms. The third-order valence-electron chi connectivity index (χ3n) is 12.1. The first kappa shape index (κ1) is 35.6. The van der Waals surface area contributed by atoms with E-state index in [1.54, 1.807) is 0 Å². The Morgan fingerprint density at radius 2 is 0.661 bits per heavy atom. The zero-order valence-electron chi connectivity index (χ0n) is 33.7. The van der Waals surface area contributed by atoms with E-state index in [1.807, 2.05) is 12.1 Å². The first-order valence-electron chi connectivity index (χ1n) is 21.1. The van der Waals surface area contributed by atoms with E-state index in [0.717, 1.165) is 61.6 Å². The van der Waals surface area contributed by atoms with Crippen LogP contribution in [0.5, 0.6) is 0 Å². The number of rotatable bonds is 7. The lowest BCUT2D eigenvalue weighted by Crippen LogP contribution is -1.97. The lowest BCUT2D eigenvalue weighted by atomic mass is 10.0. The topological polar surface area (TPSA) is 35.6 Å². The molecule has 0 spiro atoms. The molecule has 0 bridgehead atoms.